The van der Waals surface area contributed by atoms with Crippen LogP contribution in [0.3, 0.4) is 0 Å². The minimum atomic E-state index is -0.517. The molecule has 1 aliphatic rings. The number of likely N-dealkylation sites (N-methyl/N-ethyl adjacent to an activating group) is 1. The Hall–Kier alpha value is -2.82. The molecular formula is C15H19N7O3S. The van der Waals surface area contributed by atoms with Gasteiger partial charge in [0, 0.05) is 32.1 Å². The van der Waals surface area contributed by atoms with Gasteiger partial charge in [0.25, 0.3) is 5.91 Å². The fourth-order valence-corrected chi connectivity index (χ4v) is 3.12. The highest BCUT2D eigenvalue weighted by Gasteiger charge is 2.29. The fourth-order valence-electron chi connectivity index (χ4n) is 2.41. The Balaban J connectivity index is 1.52. The molecule has 1 aromatic carbocycles. The van der Waals surface area contributed by atoms with Gasteiger partial charge in [-0.15, -0.1) is 5.10 Å². The van der Waals surface area contributed by atoms with Crippen LogP contribution in [-0.2, 0) is 11.8 Å². The van der Waals surface area contributed by atoms with E-state index in [9.17, 15) is 9.59 Å². The Morgan fingerprint density at radius 2 is 2.19 bits per heavy atom. The van der Waals surface area contributed by atoms with Crippen molar-refractivity contribution in [2.75, 3.05) is 29.6 Å². The van der Waals surface area contributed by atoms with Gasteiger partial charge >= 0.3 is 6.03 Å². The summed E-state index contributed by atoms with van der Waals surface area (Å²) in [5.41, 5.74) is 1.19. The third-order valence-corrected chi connectivity index (χ3v) is 4.77. The van der Waals surface area contributed by atoms with Crippen LogP contribution in [0.2, 0.25) is 0 Å². The minimum Gasteiger partial charge on any atom is -0.479 e. The smallest absolute Gasteiger partial charge is 0.319 e. The summed E-state index contributed by atoms with van der Waals surface area (Å²) in [4.78, 5) is 25.5. The van der Waals surface area contributed by atoms with Gasteiger partial charge in [0.05, 0.1) is 5.69 Å². The lowest BCUT2D eigenvalue weighted by Gasteiger charge is -2.30. The van der Waals surface area contributed by atoms with Crippen LogP contribution in [0.15, 0.2) is 23.4 Å². The van der Waals surface area contributed by atoms with Crippen LogP contribution in [0.5, 0.6) is 5.75 Å². The molecule has 2 aromatic rings. The number of tetrazole rings is 1. The molecule has 0 fully saturated rings. The van der Waals surface area contributed by atoms with E-state index < -0.39 is 6.10 Å². The number of benzene rings is 1. The molecule has 11 heteroatoms. The summed E-state index contributed by atoms with van der Waals surface area (Å²) in [5.74, 6) is 1.11. The average Bonchev–Trinajstić information content (AvgIpc) is 3.02. The van der Waals surface area contributed by atoms with Crippen molar-refractivity contribution in [3.8, 4) is 5.75 Å². The molecule has 138 valence electrons. The summed E-state index contributed by atoms with van der Waals surface area (Å²) < 4.78 is 7.13. The summed E-state index contributed by atoms with van der Waals surface area (Å²) in [6.45, 7) is 2.16. The lowest BCUT2D eigenvalue weighted by molar-refractivity contribution is -0.125. The van der Waals surface area contributed by atoms with Crippen LogP contribution in [0.1, 0.15) is 6.92 Å². The second-order valence-electron chi connectivity index (χ2n) is 5.65. The maximum absolute atomic E-state index is 12.0. The van der Waals surface area contributed by atoms with Crippen molar-refractivity contribution in [3.05, 3.63) is 18.2 Å². The van der Waals surface area contributed by atoms with Crippen molar-refractivity contribution in [2.24, 2.45) is 7.05 Å². The molecule has 26 heavy (non-hydrogen) atoms. The normalized spacial score (nSPS) is 16.0. The number of amides is 3. The number of aromatic nitrogens is 4. The zero-order valence-corrected chi connectivity index (χ0v) is 15.4. The first-order chi connectivity index (χ1) is 12.5. The number of aryl methyl sites for hydroxylation is 1. The zero-order chi connectivity index (χ0) is 18.7. The van der Waals surface area contributed by atoms with E-state index in [4.69, 9.17) is 4.74 Å². The molecule has 0 saturated carbocycles. The molecule has 0 unspecified atom stereocenters. The number of carbonyl (C=O) groups excluding carboxylic acids is 2. The van der Waals surface area contributed by atoms with E-state index in [1.807, 2.05) is 0 Å². The van der Waals surface area contributed by atoms with Crippen LogP contribution in [-0.4, -0.2) is 57.6 Å². The average molecular weight is 377 g/mol. The number of nitrogens with zero attached hydrogens (tertiary/aromatic N) is 5. The number of nitrogens with one attached hydrogen (secondary N) is 2. The van der Waals surface area contributed by atoms with Crippen molar-refractivity contribution in [1.82, 2.24) is 25.5 Å². The third kappa shape index (κ3) is 3.87. The van der Waals surface area contributed by atoms with Crippen LogP contribution in [0.4, 0.5) is 16.2 Å². The topological polar surface area (TPSA) is 114 Å². The molecule has 3 rings (SSSR count). The zero-order valence-electron chi connectivity index (χ0n) is 14.6. The first-order valence-corrected chi connectivity index (χ1v) is 8.92. The molecule has 2 N–H and O–H groups in total. The van der Waals surface area contributed by atoms with Gasteiger partial charge < -0.3 is 20.3 Å². The lowest BCUT2D eigenvalue weighted by Crippen LogP contribution is -2.42. The van der Waals surface area contributed by atoms with E-state index in [-0.39, 0.29) is 11.9 Å². The van der Waals surface area contributed by atoms with Crippen molar-refractivity contribution in [1.29, 1.82) is 0 Å². The molecule has 0 spiro atoms. The summed E-state index contributed by atoms with van der Waals surface area (Å²) >= 11 is 1.44. The Morgan fingerprint density at radius 1 is 1.38 bits per heavy atom. The van der Waals surface area contributed by atoms with E-state index >= 15 is 0 Å². The predicted octanol–water partition coefficient (Wildman–Crippen LogP) is 0.868. The molecule has 10 nitrogen and oxygen atoms in total. The van der Waals surface area contributed by atoms with Crippen molar-refractivity contribution >= 4 is 35.1 Å². The van der Waals surface area contributed by atoms with E-state index in [0.29, 0.717) is 34.6 Å². The molecule has 2 heterocycles. The van der Waals surface area contributed by atoms with Crippen LogP contribution < -0.4 is 20.3 Å². The second kappa shape index (κ2) is 7.60. The Kier molecular flexibility index (Phi) is 5.26. The summed E-state index contributed by atoms with van der Waals surface area (Å²) in [5, 5.41) is 17.3. The first-order valence-electron chi connectivity index (χ1n) is 7.94. The van der Waals surface area contributed by atoms with Crippen molar-refractivity contribution in [2.45, 2.75) is 18.2 Å². The van der Waals surface area contributed by atoms with E-state index in [1.165, 1.54) is 16.7 Å². The van der Waals surface area contributed by atoms with Gasteiger partial charge in [0.2, 0.25) is 5.16 Å². The van der Waals surface area contributed by atoms with Crippen molar-refractivity contribution in [3.63, 3.8) is 0 Å². The van der Waals surface area contributed by atoms with Gasteiger partial charge in [-0.25, -0.2) is 9.48 Å². The third-order valence-electron chi connectivity index (χ3n) is 3.76. The van der Waals surface area contributed by atoms with Gasteiger partial charge in [-0.3, -0.25) is 4.79 Å². The quantitative estimate of drug-likeness (QED) is 0.587. The van der Waals surface area contributed by atoms with Gasteiger partial charge in [-0.2, -0.15) is 0 Å². The predicted molar refractivity (Wildman–Crippen MR) is 96.5 cm³/mol. The van der Waals surface area contributed by atoms with Gasteiger partial charge in [-0.1, -0.05) is 11.8 Å². The number of thioether (sulfide) groups is 1. The molecule has 1 aromatic heterocycles. The molecule has 3 amide bonds. The number of fused-ring (bicyclic) bond motifs is 1. The standard InChI is InChI=1S/C15H19N7O3S/c1-9-13(23)21(2)11-8-10(4-5-12(11)25-9)17-14(24)16-6-7-26-15-18-19-20-22(15)3/h4-5,8-9H,6-7H2,1-3H3,(H2,16,17,24)/t9-/m1/s1. The Bertz CT molecular complexity index is 825. The van der Waals surface area contributed by atoms with Gasteiger partial charge in [0.1, 0.15) is 5.75 Å². The van der Waals surface area contributed by atoms with Gasteiger partial charge in [-0.05, 0) is 35.5 Å². The highest BCUT2D eigenvalue weighted by molar-refractivity contribution is 7.99. The largest absolute Gasteiger partial charge is 0.479 e. The molecule has 0 saturated heterocycles. The monoisotopic (exact) mass is 377 g/mol. The number of hydrogen-bond donors (Lipinski definition) is 2. The fraction of sp³-hybridized carbons (Fsp3) is 0.400. The summed E-state index contributed by atoms with van der Waals surface area (Å²) in [6.07, 6.45) is -0.517. The number of hydrogen-bond acceptors (Lipinski definition) is 7. The highest BCUT2D eigenvalue weighted by Crippen LogP contribution is 2.35. The van der Waals surface area contributed by atoms with Crippen LogP contribution in [0.25, 0.3) is 0 Å². The molecular weight excluding hydrogens is 358 g/mol. The Labute approximate surface area is 154 Å². The summed E-state index contributed by atoms with van der Waals surface area (Å²) in [7, 11) is 3.44. The molecule has 0 radical (unpaired) electrons. The molecule has 1 aliphatic heterocycles. The van der Waals surface area contributed by atoms with E-state index in [1.54, 1.807) is 43.9 Å². The maximum atomic E-state index is 12.0. The maximum Gasteiger partial charge on any atom is 0.319 e. The van der Waals surface area contributed by atoms with E-state index in [0.717, 1.165) is 0 Å². The minimum absolute atomic E-state index is 0.130. The lowest BCUT2D eigenvalue weighted by atomic mass is 10.2. The number of urea groups is 1. The first kappa shape index (κ1) is 18.0. The van der Waals surface area contributed by atoms with Crippen LogP contribution in [0, 0.1) is 0 Å². The van der Waals surface area contributed by atoms with Gasteiger partial charge in [0.15, 0.2) is 6.10 Å². The summed E-state index contributed by atoms with van der Waals surface area (Å²) in [6, 6.07) is 4.84. The number of anilines is 2. The second-order valence-corrected chi connectivity index (χ2v) is 6.72. The molecule has 0 bridgehead atoms. The number of rotatable bonds is 5. The molecule has 1 atom stereocenters. The Morgan fingerprint density at radius 3 is 2.92 bits per heavy atom. The van der Waals surface area contributed by atoms with Crippen LogP contribution >= 0.6 is 11.8 Å². The van der Waals surface area contributed by atoms with Crippen molar-refractivity contribution < 1.29 is 14.3 Å². The number of carbonyl (C=O) groups is 2. The highest BCUT2D eigenvalue weighted by atomic mass is 32.2. The number of ether oxygens (including phenoxy) is 1. The van der Waals surface area contributed by atoms with E-state index in [2.05, 4.69) is 26.2 Å². The SMILES string of the molecule is C[C@H]1Oc2ccc(NC(=O)NCCSc3nnnn3C)cc2N(C)C1=O. The molecule has 0 aliphatic carbocycles.